The van der Waals surface area contributed by atoms with Crippen LogP contribution >= 0.6 is 0 Å². The first-order valence-electron chi connectivity index (χ1n) is 7.58. The van der Waals surface area contributed by atoms with Crippen LogP contribution in [0, 0.1) is 0 Å². The van der Waals surface area contributed by atoms with Crippen molar-refractivity contribution in [2.75, 3.05) is 6.61 Å². The average Bonchev–Trinajstić information content (AvgIpc) is 2.63. The Morgan fingerprint density at radius 2 is 1.48 bits per heavy atom. The van der Waals surface area contributed by atoms with E-state index in [0.29, 0.717) is 17.9 Å². The SMILES string of the molecule is CCOC(=O)c1ccc(-c2ccccc2)nc1-c1ccccc1. The minimum Gasteiger partial charge on any atom is -0.462 e. The Morgan fingerprint density at radius 1 is 0.870 bits per heavy atom. The lowest BCUT2D eigenvalue weighted by atomic mass is 10.0. The lowest BCUT2D eigenvalue weighted by Crippen LogP contribution is -2.08. The van der Waals surface area contributed by atoms with Crippen LogP contribution in [0.5, 0.6) is 0 Å². The fourth-order valence-corrected chi connectivity index (χ4v) is 2.42. The maximum atomic E-state index is 12.2. The number of rotatable bonds is 4. The van der Waals surface area contributed by atoms with E-state index in [9.17, 15) is 4.79 Å². The lowest BCUT2D eigenvalue weighted by molar-refractivity contribution is 0.0527. The fraction of sp³-hybridized carbons (Fsp3) is 0.100. The van der Waals surface area contributed by atoms with Gasteiger partial charge in [-0.05, 0) is 19.1 Å². The van der Waals surface area contributed by atoms with E-state index in [4.69, 9.17) is 9.72 Å². The van der Waals surface area contributed by atoms with Crippen LogP contribution in [0.25, 0.3) is 22.5 Å². The van der Waals surface area contributed by atoms with Crippen molar-refractivity contribution in [1.29, 1.82) is 0 Å². The quantitative estimate of drug-likeness (QED) is 0.662. The van der Waals surface area contributed by atoms with Crippen LogP contribution in [0.15, 0.2) is 72.8 Å². The number of aromatic nitrogens is 1. The molecule has 3 heteroatoms. The second-order valence-electron chi connectivity index (χ2n) is 5.05. The molecule has 1 aromatic heterocycles. The lowest BCUT2D eigenvalue weighted by Gasteiger charge is -2.11. The molecule has 0 aliphatic carbocycles. The van der Waals surface area contributed by atoms with Gasteiger partial charge in [-0.2, -0.15) is 0 Å². The molecule has 0 amide bonds. The van der Waals surface area contributed by atoms with Gasteiger partial charge in [-0.3, -0.25) is 0 Å². The van der Waals surface area contributed by atoms with Gasteiger partial charge < -0.3 is 4.74 Å². The van der Waals surface area contributed by atoms with E-state index < -0.39 is 0 Å². The number of hydrogen-bond donors (Lipinski definition) is 0. The molecule has 1 heterocycles. The predicted octanol–water partition coefficient (Wildman–Crippen LogP) is 4.59. The summed E-state index contributed by atoms with van der Waals surface area (Å²) in [5.41, 5.74) is 3.87. The molecule has 0 unspecified atom stereocenters. The van der Waals surface area contributed by atoms with Crippen LogP contribution in [-0.4, -0.2) is 17.6 Å². The van der Waals surface area contributed by atoms with Crippen LogP contribution in [-0.2, 0) is 4.74 Å². The Hall–Kier alpha value is -2.94. The van der Waals surface area contributed by atoms with E-state index in [1.165, 1.54) is 0 Å². The summed E-state index contributed by atoms with van der Waals surface area (Å²) in [6, 6.07) is 23.2. The molecular weight excluding hydrogens is 286 g/mol. The molecule has 0 radical (unpaired) electrons. The number of benzene rings is 2. The first-order valence-corrected chi connectivity index (χ1v) is 7.58. The van der Waals surface area contributed by atoms with Crippen molar-refractivity contribution in [1.82, 2.24) is 4.98 Å². The number of hydrogen-bond acceptors (Lipinski definition) is 3. The molecule has 0 bridgehead atoms. The molecule has 0 aliphatic heterocycles. The number of carbonyl (C=O) groups is 1. The van der Waals surface area contributed by atoms with Gasteiger partial charge >= 0.3 is 5.97 Å². The Labute approximate surface area is 135 Å². The molecule has 3 aromatic rings. The Balaban J connectivity index is 2.13. The van der Waals surface area contributed by atoms with Crippen molar-refractivity contribution >= 4 is 5.97 Å². The van der Waals surface area contributed by atoms with E-state index >= 15 is 0 Å². The summed E-state index contributed by atoms with van der Waals surface area (Å²) in [5.74, 6) is -0.349. The van der Waals surface area contributed by atoms with Crippen molar-refractivity contribution in [2.45, 2.75) is 6.92 Å². The zero-order valence-electron chi connectivity index (χ0n) is 12.9. The topological polar surface area (TPSA) is 39.2 Å². The summed E-state index contributed by atoms with van der Waals surface area (Å²) in [5, 5.41) is 0. The third-order valence-electron chi connectivity index (χ3n) is 3.51. The van der Waals surface area contributed by atoms with Crippen LogP contribution in [0.4, 0.5) is 0 Å². The number of esters is 1. The summed E-state index contributed by atoms with van der Waals surface area (Å²) in [6.45, 7) is 2.14. The average molecular weight is 303 g/mol. The molecule has 0 spiro atoms. The summed E-state index contributed by atoms with van der Waals surface area (Å²) in [4.78, 5) is 16.9. The standard InChI is InChI=1S/C20H17NO2/c1-2-23-20(22)17-13-14-18(15-9-5-3-6-10-15)21-19(17)16-11-7-4-8-12-16/h3-14H,2H2,1H3. The van der Waals surface area contributed by atoms with Gasteiger partial charge in [0.15, 0.2) is 0 Å². The molecule has 0 atom stereocenters. The van der Waals surface area contributed by atoms with Crippen LogP contribution < -0.4 is 0 Å². The molecule has 0 fully saturated rings. The monoisotopic (exact) mass is 303 g/mol. The van der Waals surface area contributed by atoms with Gasteiger partial charge in [0.25, 0.3) is 0 Å². The van der Waals surface area contributed by atoms with E-state index in [1.807, 2.05) is 66.7 Å². The number of ether oxygens (including phenoxy) is 1. The first kappa shape index (κ1) is 15.0. The van der Waals surface area contributed by atoms with Crippen molar-refractivity contribution in [2.24, 2.45) is 0 Å². The highest BCUT2D eigenvalue weighted by atomic mass is 16.5. The molecule has 0 N–H and O–H groups in total. The molecule has 114 valence electrons. The predicted molar refractivity (Wildman–Crippen MR) is 91.1 cm³/mol. The summed E-state index contributed by atoms with van der Waals surface area (Å²) in [7, 11) is 0. The molecular formula is C20H17NO2. The van der Waals surface area contributed by atoms with Crippen LogP contribution in [0.3, 0.4) is 0 Å². The molecule has 3 rings (SSSR count). The fourth-order valence-electron chi connectivity index (χ4n) is 2.42. The molecule has 0 saturated heterocycles. The largest absolute Gasteiger partial charge is 0.462 e. The van der Waals surface area contributed by atoms with Gasteiger partial charge in [-0.1, -0.05) is 60.7 Å². The molecule has 2 aromatic carbocycles. The first-order chi connectivity index (χ1) is 11.3. The van der Waals surface area contributed by atoms with Gasteiger partial charge in [-0.15, -0.1) is 0 Å². The normalized spacial score (nSPS) is 10.3. The second-order valence-corrected chi connectivity index (χ2v) is 5.05. The van der Waals surface area contributed by atoms with Crippen LogP contribution in [0.2, 0.25) is 0 Å². The third kappa shape index (κ3) is 3.29. The molecule has 23 heavy (non-hydrogen) atoms. The zero-order chi connectivity index (χ0) is 16.1. The van der Waals surface area contributed by atoms with Gasteiger partial charge in [0.2, 0.25) is 0 Å². The Bertz CT molecular complexity index is 798. The van der Waals surface area contributed by atoms with Crippen molar-refractivity contribution in [3.63, 3.8) is 0 Å². The number of carbonyl (C=O) groups excluding carboxylic acids is 1. The molecule has 0 aliphatic rings. The van der Waals surface area contributed by atoms with E-state index in [1.54, 1.807) is 13.0 Å². The second kappa shape index (κ2) is 6.88. The van der Waals surface area contributed by atoms with Gasteiger partial charge in [-0.25, -0.2) is 9.78 Å². The third-order valence-corrected chi connectivity index (χ3v) is 3.51. The number of nitrogens with zero attached hydrogens (tertiary/aromatic N) is 1. The van der Waals surface area contributed by atoms with Crippen molar-refractivity contribution in [3.05, 3.63) is 78.4 Å². The minimum atomic E-state index is -0.349. The van der Waals surface area contributed by atoms with Crippen molar-refractivity contribution < 1.29 is 9.53 Å². The maximum Gasteiger partial charge on any atom is 0.340 e. The molecule has 0 saturated carbocycles. The highest BCUT2D eigenvalue weighted by Crippen LogP contribution is 2.26. The zero-order valence-corrected chi connectivity index (χ0v) is 12.9. The van der Waals surface area contributed by atoms with Gasteiger partial charge in [0.1, 0.15) is 0 Å². The smallest absolute Gasteiger partial charge is 0.340 e. The van der Waals surface area contributed by atoms with E-state index in [2.05, 4.69) is 0 Å². The van der Waals surface area contributed by atoms with E-state index in [0.717, 1.165) is 16.8 Å². The Morgan fingerprint density at radius 3 is 2.09 bits per heavy atom. The van der Waals surface area contributed by atoms with Crippen molar-refractivity contribution in [3.8, 4) is 22.5 Å². The summed E-state index contributed by atoms with van der Waals surface area (Å²) in [6.07, 6.45) is 0. The Kier molecular flexibility index (Phi) is 4.48. The minimum absolute atomic E-state index is 0.341. The van der Waals surface area contributed by atoms with Gasteiger partial charge in [0, 0.05) is 11.1 Å². The van der Waals surface area contributed by atoms with Gasteiger partial charge in [0.05, 0.1) is 23.6 Å². The molecule has 3 nitrogen and oxygen atoms in total. The highest BCUT2D eigenvalue weighted by Gasteiger charge is 2.16. The number of pyridine rings is 1. The van der Waals surface area contributed by atoms with Crippen LogP contribution in [0.1, 0.15) is 17.3 Å². The maximum absolute atomic E-state index is 12.2. The summed E-state index contributed by atoms with van der Waals surface area (Å²) >= 11 is 0. The van der Waals surface area contributed by atoms with E-state index in [-0.39, 0.29) is 5.97 Å². The highest BCUT2D eigenvalue weighted by molar-refractivity contribution is 5.96. The summed E-state index contributed by atoms with van der Waals surface area (Å²) < 4.78 is 5.16.